The van der Waals surface area contributed by atoms with E-state index in [4.69, 9.17) is 9.47 Å². The van der Waals surface area contributed by atoms with Crippen molar-refractivity contribution in [3.05, 3.63) is 64.5 Å². The third-order valence-electron chi connectivity index (χ3n) is 4.30. The maximum Gasteiger partial charge on any atom is 0.279 e. The van der Waals surface area contributed by atoms with Crippen LogP contribution in [-0.4, -0.2) is 17.3 Å². The first-order chi connectivity index (χ1) is 12.6. The van der Waals surface area contributed by atoms with Gasteiger partial charge in [0.05, 0.1) is 10.2 Å². The van der Waals surface area contributed by atoms with Crippen LogP contribution in [0, 0.1) is 13.8 Å². The molecule has 1 amide bonds. The number of carbonyl (C=O) groups excluding carboxylic acids is 1. The van der Waals surface area contributed by atoms with Crippen LogP contribution < -0.4 is 14.3 Å². The van der Waals surface area contributed by atoms with Gasteiger partial charge in [0.1, 0.15) is 0 Å². The summed E-state index contributed by atoms with van der Waals surface area (Å²) in [6.45, 7) is 8.54. The Morgan fingerprint density at radius 2 is 2.04 bits per heavy atom. The van der Waals surface area contributed by atoms with Crippen LogP contribution in [0.15, 0.2) is 48.0 Å². The maximum absolute atomic E-state index is 12.7. The Morgan fingerprint density at radius 3 is 2.77 bits per heavy atom. The predicted molar refractivity (Wildman–Crippen MR) is 102 cm³/mol. The van der Waals surface area contributed by atoms with E-state index >= 15 is 0 Å². The summed E-state index contributed by atoms with van der Waals surface area (Å²) in [4.78, 5) is 17.8. The molecule has 132 valence electrons. The quantitative estimate of drug-likeness (QED) is 0.659. The smallest absolute Gasteiger partial charge is 0.279 e. The van der Waals surface area contributed by atoms with Crippen LogP contribution in [0.4, 0.5) is 0 Å². The highest BCUT2D eigenvalue weighted by atomic mass is 32.1. The minimum absolute atomic E-state index is 0.233. The molecule has 0 spiro atoms. The van der Waals surface area contributed by atoms with Crippen molar-refractivity contribution in [2.24, 2.45) is 4.99 Å². The fraction of sp³-hybridized carbons (Fsp3) is 0.200. The summed E-state index contributed by atoms with van der Waals surface area (Å²) in [6, 6.07) is 9.61. The van der Waals surface area contributed by atoms with E-state index in [9.17, 15) is 4.79 Å². The number of amides is 1. The molecule has 0 aliphatic carbocycles. The van der Waals surface area contributed by atoms with Crippen molar-refractivity contribution in [3.63, 3.8) is 0 Å². The van der Waals surface area contributed by atoms with Gasteiger partial charge in [-0.25, -0.2) is 0 Å². The minimum Gasteiger partial charge on any atom is -0.454 e. The Labute approximate surface area is 154 Å². The first-order valence-corrected chi connectivity index (χ1v) is 9.08. The van der Waals surface area contributed by atoms with E-state index in [0.717, 1.165) is 27.1 Å². The lowest BCUT2D eigenvalue weighted by Crippen LogP contribution is -2.16. The SMILES string of the molecule is C=CCn1c(=NC(=O)c2ccc(C)cc2C)sc2cc3c(cc21)OCO3. The zero-order valence-electron chi connectivity index (χ0n) is 14.6. The Hall–Kier alpha value is -2.86. The second-order valence-corrected chi connectivity index (χ2v) is 7.20. The number of ether oxygens (including phenoxy) is 2. The van der Waals surface area contributed by atoms with Gasteiger partial charge in [0.25, 0.3) is 5.91 Å². The van der Waals surface area contributed by atoms with Crippen molar-refractivity contribution < 1.29 is 14.3 Å². The number of thiazole rings is 1. The highest BCUT2D eigenvalue weighted by molar-refractivity contribution is 7.16. The molecule has 26 heavy (non-hydrogen) atoms. The summed E-state index contributed by atoms with van der Waals surface area (Å²) in [5, 5.41) is 0. The van der Waals surface area contributed by atoms with E-state index in [2.05, 4.69) is 11.6 Å². The largest absolute Gasteiger partial charge is 0.454 e. The van der Waals surface area contributed by atoms with Gasteiger partial charge in [0.15, 0.2) is 16.3 Å². The van der Waals surface area contributed by atoms with Crippen molar-refractivity contribution in [1.82, 2.24) is 4.57 Å². The van der Waals surface area contributed by atoms with Gasteiger partial charge in [-0.05, 0) is 25.5 Å². The lowest BCUT2D eigenvalue weighted by molar-refractivity contribution is 0.0997. The zero-order chi connectivity index (χ0) is 18.3. The highest BCUT2D eigenvalue weighted by Gasteiger charge is 2.18. The topological polar surface area (TPSA) is 52.8 Å². The predicted octanol–water partition coefficient (Wildman–Crippen LogP) is 3.98. The molecule has 3 aromatic rings. The molecule has 0 bridgehead atoms. The van der Waals surface area contributed by atoms with E-state index in [0.29, 0.717) is 22.7 Å². The van der Waals surface area contributed by atoms with E-state index in [1.54, 1.807) is 6.08 Å². The van der Waals surface area contributed by atoms with E-state index < -0.39 is 0 Å². The van der Waals surface area contributed by atoms with Crippen molar-refractivity contribution in [3.8, 4) is 11.5 Å². The normalized spacial score (nSPS) is 13.4. The standard InChI is InChI=1S/C20H18N2O3S/c1-4-7-22-15-9-16-17(25-11-24-16)10-18(15)26-20(22)21-19(23)14-6-5-12(2)8-13(14)3/h4-6,8-10H,1,7,11H2,2-3H3. The van der Waals surface area contributed by atoms with Crippen molar-refractivity contribution in [1.29, 1.82) is 0 Å². The molecule has 6 heteroatoms. The minimum atomic E-state index is -0.244. The van der Waals surface area contributed by atoms with Gasteiger partial charge in [-0.15, -0.1) is 6.58 Å². The fourth-order valence-electron chi connectivity index (χ4n) is 3.05. The Bertz CT molecular complexity index is 1110. The summed E-state index contributed by atoms with van der Waals surface area (Å²) in [6.07, 6.45) is 1.79. The molecule has 0 fully saturated rings. The van der Waals surface area contributed by atoms with Crippen molar-refractivity contribution >= 4 is 27.5 Å². The number of hydrogen-bond donors (Lipinski definition) is 0. The van der Waals surface area contributed by atoms with Crippen LogP contribution in [-0.2, 0) is 6.54 Å². The number of rotatable bonds is 3. The van der Waals surface area contributed by atoms with Crippen LogP contribution in [0.3, 0.4) is 0 Å². The molecular weight excluding hydrogens is 348 g/mol. The Balaban J connectivity index is 1.87. The van der Waals surface area contributed by atoms with Crippen LogP contribution >= 0.6 is 11.3 Å². The number of aryl methyl sites for hydroxylation is 2. The zero-order valence-corrected chi connectivity index (χ0v) is 15.4. The third-order valence-corrected chi connectivity index (χ3v) is 5.34. The van der Waals surface area contributed by atoms with Gasteiger partial charge in [-0.2, -0.15) is 4.99 Å². The van der Waals surface area contributed by atoms with Gasteiger partial charge in [-0.3, -0.25) is 4.79 Å². The molecule has 5 nitrogen and oxygen atoms in total. The molecule has 2 heterocycles. The van der Waals surface area contributed by atoms with Crippen molar-refractivity contribution in [2.75, 3.05) is 6.79 Å². The van der Waals surface area contributed by atoms with Gasteiger partial charge < -0.3 is 14.0 Å². The summed E-state index contributed by atoms with van der Waals surface area (Å²) in [5.74, 6) is 1.18. The molecule has 1 aliphatic heterocycles. The van der Waals surface area contributed by atoms with E-state index in [1.165, 1.54) is 11.3 Å². The maximum atomic E-state index is 12.7. The molecule has 0 unspecified atom stereocenters. The van der Waals surface area contributed by atoms with E-state index in [-0.39, 0.29) is 12.7 Å². The first-order valence-electron chi connectivity index (χ1n) is 8.27. The number of allylic oxidation sites excluding steroid dienone is 1. The molecule has 0 saturated heterocycles. The summed E-state index contributed by atoms with van der Waals surface area (Å²) in [5.41, 5.74) is 3.62. The fourth-order valence-corrected chi connectivity index (χ4v) is 4.10. The lowest BCUT2D eigenvalue weighted by Gasteiger charge is -2.04. The second-order valence-electron chi connectivity index (χ2n) is 6.19. The molecular formula is C20H18N2O3S. The molecule has 2 aromatic carbocycles. The number of hydrogen-bond acceptors (Lipinski definition) is 4. The average Bonchev–Trinajstić information content (AvgIpc) is 3.17. The van der Waals surface area contributed by atoms with Crippen LogP contribution in [0.2, 0.25) is 0 Å². The molecule has 4 rings (SSSR count). The number of fused-ring (bicyclic) bond motifs is 2. The Kier molecular flexibility index (Phi) is 4.12. The first kappa shape index (κ1) is 16.6. The monoisotopic (exact) mass is 366 g/mol. The molecule has 0 saturated carbocycles. The van der Waals surface area contributed by atoms with Gasteiger partial charge >= 0.3 is 0 Å². The Morgan fingerprint density at radius 1 is 1.27 bits per heavy atom. The number of aromatic nitrogens is 1. The lowest BCUT2D eigenvalue weighted by atomic mass is 10.1. The van der Waals surface area contributed by atoms with Gasteiger partial charge in [0.2, 0.25) is 6.79 Å². The number of carbonyl (C=O) groups is 1. The number of nitrogens with zero attached hydrogens (tertiary/aromatic N) is 2. The second kappa shape index (κ2) is 6.46. The molecule has 0 atom stereocenters. The van der Waals surface area contributed by atoms with Crippen molar-refractivity contribution in [2.45, 2.75) is 20.4 Å². The van der Waals surface area contributed by atoms with Crippen LogP contribution in [0.1, 0.15) is 21.5 Å². The van der Waals surface area contributed by atoms with Gasteiger partial charge in [-0.1, -0.05) is 35.1 Å². The molecule has 0 radical (unpaired) electrons. The third kappa shape index (κ3) is 2.82. The van der Waals surface area contributed by atoms with Crippen LogP contribution in [0.5, 0.6) is 11.5 Å². The molecule has 0 N–H and O–H groups in total. The van der Waals surface area contributed by atoms with E-state index in [1.807, 2.05) is 48.7 Å². The van der Waals surface area contributed by atoms with Gasteiger partial charge in [0, 0.05) is 24.2 Å². The summed E-state index contributed by atoms with van der Waals surface area (Å²) in [7, 11) is 0. The molecule has 1 aliphatic rings. The van der Waals surface area contributed by atoms with Crippen LogP contribution in [0.25, 0.3) is 10.2 Å². The number of benzene rings is 2. The summed E-state index contributed by atoms with van der Waals surface area (Å²) < 4.78 is 13.9. The summed E-state index contributed by atoms with van der Waals surface area (Å²) >= 11 is 1.45. The molecule has 1 aromatic heterocycles. The highest BCUT2D eigenvalue weighted by Crippen LogP contribution is 2.37. The average molecular weight is 366 g/mol.